The van der Waals surface area contributed by atoms with Crippen molar-refractivity contribution in [3.63, 3.8) is 0 Å². The van der Waals surface area contributed by atoms with E-state index in [1.165, 1.54) is 18.3 Å². The number of thiazole rings is 1. The summed E-state index contributed by atoms with van der Waals surface area (Å²) in [6.45, 7) is 1.45. The van der Waals surface area contributed by atoms with Crippen LogP contribution >= 0.6 is 11.3 Å². The summed E-state index contributed by atoms with van der Waals surface area (Å²) >= 11 is 1.47. The molecule has 7 nitrogen and oxygen atoms in total. The number of nitrogens with zero attached hydrogens (tertiary/aromatic N) is 1. The van der Waals surface area contributed by atoms with Gasteiger partial charge in [-0.05, 0) is 30.4 Å². The second-order valence-electron chi connectivity index (χ2n) is 8.07. The van der Waals surface area contributed by atoms with Gasteiger partial charge < -0.3 is 20.8 Å². The maximum absolute atomic E-state index is 12.1. The summed E-state index contributed by atoms with van der Waals surface area (Å²) < 4.78 is 0. The Morgan fingerprint density at radius 3 is 1.97 bits per heavy atom. The first-order chi connectivity index (χ1) is 15.9. The number of carbonyl (C=O) groups excluding carboxylic acids is 1. The second kappa shape index (κ2) is 12.1. The van der Waals surface area contributed by atoms with E-state index >= 15 is 0 Å². The van der Waals surface area contributed by atoms with Crippen LogP contribution in [0.1, 0.15) is 22.9 Å². The summed E-state index contributed by atoms with van der Waals surface area (Å²) in [5, 5.41) is 26.5. The van der Waals surface area contributed by atoms with Crippen LogP contribution in [0.5, 0.6) is 0 Å². The van der Waals surface area contributed by atoms with Crippen LogP contribution < -0.4 is 10.6 Å². The molecule has 1 heterocycles. The Kier molecular flexibility index (Phi) is 8.97. The van der Waals surface area contributed by atoms with Crippen molar-refractivity contribution in [3.05, 3.63) is 88.4 Å². The maximum atomic E-state index is 12.1. The molecule has 0 radical (unpaired) electrons. The van der Waals surface area contributed by atoms with Gasteiger partial charge >= 0.3 is 6.09 Å². The van der Waals surface area contributed by atoms with E-state index in [1.54, 1.807) is 11.7 Å². The zero-order valence-corrected chi connectivity index (χ0v) is 19.2. The summed E-state index contributed by atoms with van der Waals surface area (Å²) in [5.74, 6) is -0.654. The number of hydrogen-bond acceptors (Lipinski definition) is 5. The van der Waals surface area contributed by atoms with Crippen molar-refractivity contribution >= 4 is 23.3 Å². The van der Waals surface area contributed by atoms with Crippen LogP contribution in [-0.2, 0) is 24.1 Å². The van der Waals surface area contributed by atoms with Gasteiger partial charge in [-0.15, -0.1) is 11.3 Å². The van der Waals surface area contributed by atoms with Crippen molar-refractivity contribution < 1.29 is 19.8 Å². The van der Waals surface area contributed by atoms with E-state index in [9.17, 15) is 19.8 Å². The van der Waals surface area contributed by atoms with Gasteiger partial charge in [0.15, 0.2) is 0 Å². The summed E-state index contributed by atoms with van der Waals surface area (Å²) in [6.07, 6.45) is 0.775. The molecule has 3 aromatic rings. The first-order valence-corrected chi connectivity index (χ1v) is 11.7. The lowest BCUT2D eigenvalue weighted by Gasteiger charge is -2.35. The van der Waals surface area contributed by atoms with Crippen LogP contribution in [0.15, 0.2) is 72.4 Å². The average Bonchev–Trinajstić information content (AvgIpc) is 3.30. The Morgan fingerprint density at radius 1 is 0.909 bits per heavy atom. The highest BCUT2D eigenvalue weighted by Gasteiger charge is 2.35. The third-order valence-electron chi connectivity index (χ3n) is 5.58. The van der Waals surface area contributed by atoms with Crippen molar-refractivity contribution in [1.29, 1.82) is 0 Å². The molecule has 0 fully saturated rings. The fourth-order valence-corrected chi connectivity index (χ4v) is 4.76. The van der Waals surface area contributed by atoms with Gasteiger partial charge in [0, 0.05) is 30.0 Å². The average molecular weight is 468 g/mol. The lowest BCUT2D eigenvalue weighted by Crippen LogP contribution is -2.54. The Bertz CT molecular complexity index is 999. The van der Waals surface area contributed by atoms with Crippen molar-refractivity contribution in [2.45, 2.75) is 44.4 Å². The number of aliphatic hydroxyl groups is 1. The highest BCUT2D eigenvalue weighted by Crippen LogP contribution is 2.25. The van der Waals surface area contributed by atoms with Crippen LogP contribution in [0.25, 0.3) is 0 Å². The van der Waals surface area contributed by atoms with Gasteiger partial charge in [0.25, 0.3) is 0 Å². The van der Waals surface area contributed by atoms with Crippen LogP contribution in [-0.4, -0.2) is 45.4 Å². The molecule has 0 spiro atoms. The molecule has 0 saturated carbocycles. The number of rotatable bonds is 11. The van der Waals surface area contributed by atoms with Gasteiger partial charge in [-0.1, -0.05) is 60.7 Å². The predicted molar refractivity (Wildman–Crippen MR) is 128 cm³/mol. The van der Waals surface area contributed by atoms with Gasteiger partial charge in [-0.25, -0.2) is 4.79 Å². The van der Waals surface area contributed by atoms with Crippen LogP contribution in [0.3, 0.4) is 0 Å². The van der Waals surface area contributed by atoms with Gasteiger partial charge in [0.2, 0.25) is 5.91 Å². The third-order valence-corrected chi connectivity index (χ3v) is 6.38. The number of carbonyl (C=O) groups is 2. The van der Waals surface area contributed by atoms with Crippen molar-refractivity contribution in [2.75, 3.05) is 0 Å². The van der Waals surface area contributed by atoms with E-state index in [0.717, 1.165) is 16.0 Å². The molecule has 2 amide bonds. The topological polar surface area (TPSA) is 112 Å². The first-order valence-electron chi connectivity index (χ1n) is 10.8. The number of benzene rings is 2. The van der Waals surface area contributed by atoms with Gasteiger partial charge in [0.1, 0.15) is 0 Å². The number of carboxylic acid groups (broad SMARTS) is 1. The minimum atomic E-state index is -1.20. The molecule has 4 N–H and O–H groups in total. The second-order valence-corrected chi connectivity index (χ2v) is 9.04. The minimum absolute atomic E-state index is 0.205. The van der Waals surface area contributed by atoms with Gasteiger partial charge in [-0.3, -0.25) is 9.78 Å². The van der Waals surface area contributed by atoms with Crippen LogP contribution in [0, 0.1) is 5.92 Å². The molecule has 2 aromatic carbocycles. The van der Waals surface area contributed by atoms with Crippen LogP contribution in [0.4, 0.5) is 4.79 Å². The minimum Gasteiger partial charge on any atom is -0.465 e. The Labute approximate surface area is 197 Å². The zero-order chi connectivity index (χ0) is 23.6. The first kappa shape index (κ1) is 24.4. The SMILES string of the molecule is CC(=O)N[C@@H](Cc1ccccc1)C(Cc1cncs1)[C@@H](O)[C@H](Cc1ccccc1)NC(=O)O. The fraction of sp³-hybridized carbons (Fsp3) is 0.320. The van der Waals surface area contributed by atoms with Gasteiger partial charge in [-0.2, -0.15) is 0 Å². The molecule has 4 atom stereocenters. The zero-order valence-electron chi connectivity index (χ0n) is 18.4. The summed E-state index contributed by atoms with van der Waals surface area (Å²) in [4.78, 5) is 28.8. The molecule has 0 aliphatic heterocycles. The standard InChI is InChI=1S/C25H29N3O4S/c1-17(29)27-22(12-18-8-4-2-5-9-18)21(14-20-15-26-16-33-20)24(30)23(28-25(31)32)13-19-10-6-3-7-11-19/h2-11,15-16,21-24,28,30H,12-14H2,1H3,(H,27,29)(H,31,32)/t21?,22-,23-,24+/m0/s1. The molecule has 0 saturated heterocycles. The maximum Gasteiger partial charge on any atom is 0.404 e. The molecule has 1 unspecified atom stereocenters. The molecule has 0 bridgehead atoms. The van der Waals surface area contributed by atoms with E-state index in [2.05, 4.69) is 15.6 Å². The highest BCUT2D eigenvalue weighted by atomic mass is 32.1. The largest absolute Gasteiger partial charge is 0.465 e. The lowest BCUT2D eigenvalue weighted by atomic mass is 9.81. The molecular weight excluding hydrogens is 438 g/mol. The molecule has 33 heavy (non-hydrogen) atoms. The smallest absolute Gasteiger partial charge is 0.404 e. The Hall–Kier alpha value is -3.23. The van der Waals surface area contributed by atoms with E-state index in [-0.39, 0.29) is 5.91 Å². The molecule has 0 aliphatic rings. The summed E-state index contributed by atoms with van der Waals surface area (Å²) in [7, 11) is 0. The molecule has 174 valence electrons. The number of aliphatic hydroxyl groups excluding tert-OH is 1. The molecular formula is C25H29N3O4S. The van der Waals surface area contributed by atoms with Crippen molar-refractivity contribution in [2.24, 2.45) is 5.92 Å². The number of nitrogens with one attached hydrogen (secondary N) is 2. The normalized spacial score (nSPS) is 14.6. The molecule has 8 heteroatoms. The van der Waals surface area contributed by atoms with Crippen LogP contribution in [0.2, 0.25) is 0 Å². The summed E-state index contributed by atoms with van der Waals surface area (Å²) in [5.41, 5.74) is 3.65. The van der Waals surface area contributed by atoms with Crippen molar-refractivity contribution in [3.8, 4) is 0 Å². The third kappa shape index (κ3) is 7.69. The van der Waals surface area contributed by atoms with E-state index in [1.807, 2.05) is 60.7 Å². The monoisotopic (exact) mass is 467 g/mol. The number of hydrogen-bond donors (Lipinski definition) is 4. The number of amides is 2. The molecule has 0 aliphatic carbocycles. The Morgan fingerprint density at radius 2 is 1.48 bits per heavy atom. The van der Waals surface area contributed by atoms with E-state index < -0.39 is 30.2 Å². The van der Waals surface area contributed by atoms with E-state index in [4.69, 9.17) is 0 Å². The summed E-state index contributed by atoms with van der Waals surface area (Å²) in [6, 6.07) is 18.0. The molecule has 1 aromatic heterocycles. The Balaban J connectivity index is 1.93. The number of aromatic nitrogens is 1. The predicted octanol–water partition coefficient (Wildman–Crippen LogP) is 3.29. The quantitative estimate of drug-likeness (QED) is 0.346. The molecule has 3 rings (SSSR count). The van der Waals surface area contributed by atoms with Crippen molar-refractivity contribution in [1.82, 2.24) is 15.6 Å². The lowest BCUT2D eigenvalue weighted by molar-refractivity contribution is -0.120. The fourth-order valence-electron chi connectivity index (χ4n) is 4.10. The van der Waals surface area contributed by atoms with E-state index in [0.29, 0.717) is 19.3 Å². The highest BCUT2D eigenvalue weighted by molar-refractivity contribution is 7.09. The van der Waals surface area contributed by atoms with Gasteiger partial charge in [0.05, 0.1) is 17.7 Å².